The number of fused-ring (bicyclic) bond motifs is 4. The van der Waals surface area contributed by atoms with Crippen LogP contribution in [0.2, 0.25) is 5.02 Å². The first-order valence-electron chi connectivity index (χ1n) is 15.5. The summed E-state index contributed by atoms with van der Waals surface area (Å²) in [6, 6.07) is 9.88. The highest BCUT2D eigenvalue weighted by Gasteiger charge is 2.35. The van der Waals surface area contributed by atoms with Crippen LogP contribution in [0.5, 0.6) is 11.8 Å². The first-order valence-corrected chi connectivity index (χ1v) is 15.8. The van der Waals surface area contributed by atoms with E-state index >= 15 is 0 Å². The van der Waals surface area contributed by atoms with Crippen LogP contribution in [0, 0.1) is 11.3 Å². The minimum absolute atomic E-state index is 0.0313. The van der Waals surface area contributed by atoms with Crippen molar-refractivity contribution in [2.45, 2.75) is 37.8 Å². The van der Waals surface area contributed by atoms with Crippen molar-refractivity contribution in [2.24, 2.45) is 0 Å². The highest BCUT2D eigenvalue weighted by atomic mass is 35.5. The molecule has 46 heavy (non-hydrogen) atoms. The summed E-state index contributed by atoms with van der Waals surface area (Å²) in [4.78, 5) is 32.7. The second kappa shape index (κ2) is 12.3. The van der Waals surface area contributed by atoms with Gasteiger partial charge in [-0.15, -0.1) is 0 Å². The van der Waals surface area contributed by atoms with Crippen LogP contribution in [0.25, 0.3) is 32.8 Å². The molecule has 10 nitrogen and oxygen atoms in total. The molecule has 0 radical (unpaired) electrons. The highest BCUT2D eigenvalue weighted by molar-refractivity contribution is 6.36. The van der Waals surface area contributed by atoms with Gasteiger partial charge in [0, 0.05) is 71.4 Å². The molecule has 1 amide bonds. The molecule has 236 valence electrons. The maximum atomic E-state index is 13.9. The van der Waals surface area contributed by atoms with Gasteiger partial charge in [0.15, 0.2) is 5.83 Å². The van der Waals surface area contributed by atoms with Crippen LogP contribution in [-0.2, 0) is 11.2 Å². The number of piperazine rings is 1. The molecule has 0 spiro atoms. The smallest absolute Gasteiger partial charge is 0.319 e. The van der Waals surface area contributed by atoms with E-state index in [1.165, 1.54) is 4.90 Å². The molecule has 0 bridgehead atoms. The third-order valence-electron chi connectivity index (χ3n) is 9.30. The number of anilines is 1. The first kappa shape index (κ1) is 30.1. The number of carbonyl (C=O) groups is 1. The maximum Gasteiger partial charge on any atom is 0.319 e. The molecule has 2 atom stereocenters. The molecule has 5 heterocycles. The number of hydrogen-bond donors (Lipinski definition) is 0. The van der Waals surface area contributed by atoms with Crippen molar-refractivity contribution < 1.29 is 18.7 Å². The Balaban J connectivity index is 1.38. The Labute approximate surface area is 271 Å². The number of rotatable bonds is 7. The first-order chi connectivity index (χ1) is 22.3. The van der Waals surface area contributed by atoms with Gasteiger partial charge in [-0.05, 0) is 44.1 Å². The van der Waals surface area contributed by atoms with Gasteiger partial charge >= 0.3 is 6.01 Å². The molecule has 3 aliphatic rings. The molecule has 0 unspecified atom stereocenters. The lowest BCUT2D eigenvalue weighted by Crippen LogP contribution is -2.55. The predicted molar refractivity (Wildman–Crippen MR) is 174 cm³/mol. The van der Waals surface area contributed by atoms with Gasteiger partial charge in [0.1, 0.15) is 18.2 Å². The zero-order valence-electron chi connectivity index (χ0n) is 25.5. The molecular weight excluding hydrogens is 609 g/mol. The predicted octanol–water partition coefficient (Wildman–Crippen LogP) is 5.32. The van der Waals surface area contributed by atoms with Crippen molar-refractivity contribution in [3.63, 3.8) is 0 Å². The maximum absolute atomic E-state index is 13.9. The summed E-state index contributed by atoms with van der Waals surface area (Å²) in [6.45, 7) is 5.95. The summed E-state index contributed by atoms with van der Waals surface area (Å²) in [7, 11) is 2.09. The lowest BCUT2D eigenvalue weighted by Gasteiger charge is -2.41. The Morgan fingerprint density at radius 3 is 2.85 bits per heavy atom. The lowest BCUT2D eigenvalue weighted by molar-refractivity contribution is -0.131. The van der Waals surface area contributed by atoms with E-state index < -0.39 is 17.8 Å². The number of amides is 1. The fraction of sp³-hybridized carbons (Fsp3) is 0.382. The molecule has 12 heteroatoms. The third kappa shape index (κ3) is 5.35. The van der Waals surface area contributed by atoms with Crippen molar-refractivity contribution in [3.05, 3.63) is 59.7 Å². The average molecular weight is 642 g/mol. The van der Waals surface area contributed by atoms with Crippen LogP contribution in [-0.4, -0.2) is 89.2 Å². The average Bonchev–Trinajstić information content (AvgIpc) is 3.72. The fourth-order valence-electron chi connectivity index (χ4n) is 6.97. The van der Waals surface area contributed by atoms with Crippen LogP contribution in [0.15, 0.2) is 49.1 Å². The Morgan fingerprint density at radius 2 is 2.07 bits per heavy atom. The zero-order valence-corrected chi connectivity index (χ0v) is 26.3. The summed E-state index contributed by atoms with van der Waals surface area (Å²) >= 11 is 6.75. The van der Waals surface area contributed by atoms with Crippen LogP contribution in [0.4, 0.5) is 10.2 Å². The molecule has 3 aliphatic heterocycles. The van der Waals surface area contributed by atoms with Gasteiger partial charge in [-0.2, -0.15) is 15.2 Å². The number of ether oxygens (including phenoxy) is 2. The largest absolute Gasteiger partial charge is 0.492 e. The molecule has 7 rings (SSSR count). The Hall–Kier alpha value is -4.53. The fourth-order valence-corrected chi connectivity index (χ4v) is 7.25. The second-order valence-corrected chi connectivity index (χ2v) is 12.4. The van der Waals surface area contributed by atoms with Gasteiger partial charge in [0.05, 0.1) is 36.0 Å². The van der Waals surface area contributed by atoms with Crippen LogP contribution >= 0.6 is 11.6 Å². The number of hydrogen-bond acceptors (Lipinski definition) is 9. The van der Waals surface area contributed by atoms with Crippen molar-refractivity contribution in [3.8, 4) is 29.0 Å². The Bertz CT molecular complexity index is 1910. The lowest BCUT2D eigenvalue weighted by atomic mass is 9.93. The normalized spacial score (nSPS) is 19.7. The van der Waals surface area contributed by atoms with E-state index in [1.54, 1.807) is 6.20 Å². The summed E-state index contributed by atoms with van der Waals surface area (Å²) in [6.07, 6.45) is 6.47. The quantitative estimate of drug-likeness (QED) is 0.248. The number of aromatic nitrogens is 3. The number of carbonyl (C=O) groups excluding carboxylic acids is 1. The van der Waals surface area contributed by atoms with Crippen LogP contribution in [0.3, 0.4) is 0 Å². The van der Waals surface area contributed by atoms with Crippen LogP contribution < -0.4 is 14.4 Å². The second-order valence-electron chi connectivity index (χ2n) is 12.0. The van der Waals surface area contributed by atoms with E-state index in [2.05, 4.69) is 29.6 Å². The molecule has 2 aromatic heterocycles. The van der Waals surface area contributed by atoms with E-state index in [0.29, 0.717) is 48.3 Å². The van der Waals surface area contributed by atoms with Gasteiger partial charge in [-0.1, -0.05) is 30.3 Å². The van der Waals surface area contributed by atoms with Crippen molar-refractivity contribution in [1.82, 2.24) is 24.8 Å². The number of nitriles is 1. The molecule has 0 saturated carbocycles. The number of benzene rings is 2. The molecule has 0 N–H and O–H groups in total. The van der Waals surface area contributed by atoms with E-state index in [-0.39, 0.29) is 31.6 Å². The topological polar surface area (TPSA) is 108 Å². The van der Waals surface area contributed by atoms with Crippen molar-refractivity contribution in [1.29, 1.82) is 5.26 Å². The van der Waals surface area contributed by atoms with Gasteiger partial charge < -0.3 is 24.2 Å². The summed E-state index contributed by atoms with van der Waals surface area (Å²) in [5, 5.41) is 12.8. The molecule has 2 saturated heterocycles. The van der Waals surface area contributed by atoms with Gasteiger partial charge in [-0.25, -0.2) is 4.39 Å². The molecular formula is C34H33ClFN7O3. The standard InChI is InChI=1S/C34H33ClFN7O3/c1-20(36)33(44)43-13-12-42(18-22(43)8-10-37)32-30-28(39-34(40-32)46-19-23-6-4-11-41(23)2)15-25(24-9-14-45-31(24)30)26-17-38-16-21-5-3-7-27(35)29(21)26/h3,5,7,15-17,22-23H,1,4,6,8-9,11-14,18-19H2,2H3/t22-,23-/m0/s1. The van der Waals surface area contributed by atoms with E-state index in [0.717, 1.165) is 52.2 Å². The SMILES string of the molecule is C=C(F)C(=O)N1CCN(c2nc(OC[C@@H]3CCCN3C)nc3cc(-c4cncc5cccc(Cl)c45)c4c(c23)OCC4)C[C@@H]1CC#N. The highest BCUT2D eigenvalue weighted by Crippen LogP contribution is 2.46. The van der Waals surface area contributed by atoms with Gasteiger partial charge in [0.25, 0.3) is 5.91 Å². The number of nitrogens with zero attached hydrogens (tertiary/aromatic N) is 7. The zero-order chi connectivity index (χ0) is 31.9. The van der Waals surface area contributed by atoms with E-state index in [9.17, 15) is 14.4 Å². The molecule has 0 aliphatic carbocycles. The van der Waals surface area contributed by atoms with Crippen LogP contribution in [0.1, 0.15) is 24.8 Å². The number of halogens is 2. The minimum Gasteiger partial charge on any atom is -0.492 e. The molecule has 2 aromatic carbocycles. The van der Waals surface area contributed by atoms with E-state index in [4.69, 9.17) is 31.0 Å². The van der Waals surface area contributed by atoms with Crippen molar-refractivity contribution in [2.75, 3.05) is 51.3 Å². The summed E-state index contributed by atoms with van der Waals surface area (Å²) in [5.74, 6) is -0.569. The number of likely N-dealkylation sites (N-methyl/N-ethyl adjacent to an activating group) is 1. The van der Waals surface area contributed by atoms with Gasteiger partial charge in [0.2, 0.25) is 0 Å². The Morgan fingerprint density at radius 1 is 1.20 bits per heavy atom. The number of pyridine rings is 1. The van der Waals surface area contributed by atoms with Gasteiger partial charge in [-0.3, -0.25) is 9.78 Å². The van der Waals surface area contributed by atoms with Crippen molar-refractivity contribution >= 4 is 45.0 Å². The summed E-state index contributed by atoms with van der Waals surface area (Å²) in [5.41, 5.74) is 3.45. The molecule has 4 aromatic rings. The minimum atomic E-state index is -1.04. The third-order valence-corrected chi connectivity index (χ3v) is 9.62. The number of likely N-dealkylation sites (tertiary alicyclic amines) is 1. The monoisotopic (exact) mass is 641 g/mol. The van der Waals surface area contributed by atoms with E-state index in [1.807, 2.05) is 35.4 Å². The Kier molecular flexibility index (Phi) is 8.09. The molecule has 2 fully saturated rings. The summed E-state index contributed by atoms with van der Waals surface area (Å²) < 4.78 is 26.5.